The normalized spacial score (nSPS) is 16.3. The van der Waals surface area contributed by atoms with E-state index in [0.717, 1.165) is 13.0 Å². The summed E-state index contributed by atoms with van der Waals surface area (Å²) in [5.41, 5.74) is -0.372. The molecule has 1 N–H and O–H groups in total. The van der Waals surface area contributed by atoms with Gasteiger partial charge in [0, 0.05) is 37.3 Å². The predicted molar refractivity (Wildman–Crippen MR) is 64.1 cm³/mol. The number of halogens is 3. The Kier molecular flexibility index (Phi) is 4.42. The summed E-state index contributed by atoms with van der Waals surface area (Å²) in [5.74, 6) is -3.35. The van der Waals surface area contributed by atoms with Gasteiger partial charge in [0.15, 0.2) is 0 Å². The molecule has 1 amide bonds. The van der Waals surface area contributed by atoms with Crippen LogP contribution >= 0.6 is 0 Å². The second-order valence-electron chi connectivity index (χ2n) is 4.51. The Bertz CT molecular complexity index is 448. The molecule has 0 saturated carbocycles. The van der Waals surface area contributed by atoms with Crippen LogP contribution < -0.4 is 5.32 Å². The van der Waals surface area contributed by atoms with E-state index in [0.29, 0.717) is 31.8 Å². The van der Waals surface area contributed by atoms with Crippen molar-refractivity contribution in [1.82, 2.24) is 10.2 Å². The first-order valence-electron chi connectivity index (χ1n) is 6.20. The number of nitrogens with one attached hydrogen (secondary N) is 1. The van der Waals surface area contributed by atoms with Crippen LogP contribution in [-0.2, 0) is 11.2 Å². The molecule has 2 rings (SSSR count). The summed E-state index contributed by atoms with van der Waals surface area (Å²) in [6.45, 7) is 2.57. The lowest BCUT2D eigenvalue weighted by molar-refractivity contribution is -0.130. The number of hydrogen-bond donors (Lipinski definition) is 1. The minimum absolute atomic E-state index is 0.340. The highest BCUT2D eigenvalue weighted by molar-refractivity contribution is 5.79. The van der Waals surface area contributed by atoms with Gasteiger partial charge >= 0.3 is 0 Å². The van der Waals surface area contributed by atoms with E-state index in [2.05, 4.69) is 5.32 Å². The quantitative estimate of drug-likeness (QED) is 0.884. The van der Waals surface area contributed by atoms with Gasteiger partial charge in [0.1, 0.15) is 17.5 Å². The molecule has 1 aliphatic heterocycles. The molecule has 0 aliphatic carbocycles. The van der Waals surface area contributed by atoms with Gasteiger partial charge in [-0.15, -0.1) is 0 Å². The molecule has 0 unspecified atom stereocenters. The molecular weight excluding hydrogens is 257 g/mol. The molecule has 0 aromatic heterocycles. The zero-order valence-corrected chi connectivity index (χ0v) is 10.4. The van der Waals surface area contributed by atoms with Crippen molar-refractivity contribution in [3.8, 4) is 0 Å². The average Bonchev–Trinajstić information content (AvgIpc) is 2.62. The van der Waals surface area contributed by atoms with E-state index in [4.69, 9.17) is 0 Å². The molecule has 1 heterocycles. The minimum Gasteiger partial charge on any atom is -0.341 e. The summed E-state index contributed by atoms with van der Waals surface area (Å²) in [6.07, 6.45) is 0.429. The Hall–Kier alpha value is -1.56. The lowest BCUT2D eigenvalue weighted by Crippen LogP contribution is -2.35. The highest BCUT2D eigenvalue weighted by Crippen LogP contribution is 2.16. The lowest BCUT2D eigenvalue weighted by atomic mass is 10.1. The Balaban J connectivity index is 2.10. The fourth-order valence-electron chi connectivity index (χ4n) is 2.10. The van der Waals surface area contributed by atoms with Crippen LogP contribution in [0.1, 0.15) is 12.0 Å². The molecule has 0 radical (unpaired) electrons. The number of rotatable bonds is 2. The second kappa shape index (κ2) is 6.06. The third-order valence-corrected chi connectivity index (χ3v) is 3.13. The molecule has 0 bridgehead atoms. The molecule has 19 heavy (non-hydrogen) atoms. The van der Waals surface area contributed by atoms with Crippen molar-refractivity contribution in [3.05, 3.63) is 35.1 Å². The maximum Gasteiger partial charge on any atom is 0.227 e. The monoisotopic (exact) mass is 272 g/mol. The van der Waals surface area contributed by atoms with Crippen molar-refractivity contribution >= 4 is 5.91 Å². The maximum atomic E-state index is 13.5. The Morgan fingerprint density at radius 3 is 2.53 bits per heavy atom. The molecule has 3 nitrogen and oxygen atoms in total. The molecule has 0 spiro atoms. The van der Waals surface area contributed by atoms with Crippen molar-refractivity contribution in [2.24, 2.45) is 0 Å². The number of benzene rings is 1. The third kappa shape index (κ3) is 3.47. The molecule has 1 fully saturated rings. The van der Waals surface area contributed by atoms with Crippen molar-refractivity contribution in [1.29, 1.82) is 0 Å². The van der Waals surface area contributed by atoms with Gasteiger partial charge in [0.25, 0.3) is 0 Å². The molecule has 0 atom stereocenters. The topological polar surface area (TPSA) is 32.3 Å². The number of carbonyl (C=O) groups excluding carboxylic acids is 1. The Morgan fingerprint density at radius 2 is 1.84 bits per heavy atom. The summed E-state index contributed by atoms with van der Waals surface area (Å²) < 4.78 is 39.7. The smallest absolute Gasteiger partial charge is 0.227 e. The van der Waals surface area contributed by atoms with Crippen LogP contribution in [0.2, 0.25) is 0 Å². The zero-order valence-electron chi connectivity index (χ0n) is 10.4. The number of hydrogen-bond acceptors (Lipinski definition) is 2. The van der Waals surface area contributed by atoms with Crippen LogP contribution in [0.25, 0.3) is 0 Å². The van der Waals surface area contributed by atoms with Crippen molar-refractivity contribution in [2.75, 3.05) is 26.2 Å². The van der Waals surface area contributed by atoms with Crippen molar-refractivity contribution in [2.45, 2.75) is 12.8 Å². The maximum absolute atomic E-state index is 13.5. The summed E-state index contributed by atoms with van der Waals surface area (Å²) >= 11 is 0. The van der Waals surface area contributed by atoms with E-state index in [1.54, 1.807) is 4.90 Å². The largest absolute Gasteiger partial charge is 0.341 e. The zero-order chi connectivity index (χ0) is 13.8. The first-order chi connectivity index (χ1) is 9.08. The van der Waals surface area contributed by atoms with E-state index in [-0.39, 0.29) is 17.9 Å². The first-order valence-corrected chi connectivity index (χ1v) is 6.20. The van der Waals surface area contributed by atoms with Gasteiger partial charge in [-0.1, -0.05) is 0 Å². The van der Waals surface area contributed by atoms with Crippen LogP contribution in [0.4, 0.5) is 13.2 Å². The standard InChI is InChI=1S/C13H15F3N2O/c14-9-6-11(15)10(12(16)7-9)8-13(19)18-4-1-2-17-3-5-18/h6-7,17H,1-5,8H2. The van der Waals surface area contributed by atoms with Crippen molar-refractivity contribution in [3.63, 3.8) is 0 Å². The van der Waals surface area contributed by atoms with Crippen LogP contribution in [0, 0.1) is 17.5 Å². The van der Waals surface area contributed by atoms with E-state index in [1.165, 1.54) is 0 Å². The number of carbonyl (C=O) groups is 1. The van der Waals surface area contributed by atoms with Crippen molar-refractivity contribution < 1.29 is 18.0 Å². The fourth-order valence-corrected chi connectivity index (χ4v) is 2.10. The van der Waals surface area contributed by atoms with Crippen LogP contribution in [0.5, 0.6) is 0 Å². The van der Waals surface area contributed by atoms with Crippen LogP contribution in [0.15, 0.2) is 12.1 Å². The lowest BCUT2D eigenvalue weighted by Gasteiger charge is -2.20. The van der Waals surface area contributed by atoms with Gasteiger partial charge in [-0.2, -0.15) is 0 Å². The van der Waals surface area contributed by atoms with Gasteiger partial charge in [-0.25, -0.2) is 13.2 Å². The number of amides is 1. The van der Waals surface area contributed by atoms with E-state index in [9.17, 15) is 18.0 Å². The predicted octanol–water partition coefficient (Wildman–Crippen LogP) is 1.47. The molecule has 1 aromatic carbocycles. The van der Waals surface area contributed by atoms with Gasteiger partial charge in [0.2, 0.25) is 5.91 Å². The average molecular weight is 272 g/mol. The van der Waals surface area contributed by atoms with Crippen LogP contribution in [-0.4, -0.2) is 37.0 Å². The molecular formula is C13H15F3N2O. The Labute approximate surface area is 109 Å². The van der Waals surface area contributed by atoms with Gasteiger partial charge in [-0.05, 0) is 13.0 Å². The van der Waals surface area contributed by atoms with Crippen LogP contribution in [0.3, 0.4) is 0 Å². The van der Waals surface area contributed by atoms with Gasteiger partial charge in [-0.3, -0.25) is 4.79 Å². The summed E-state index contributed by atoms with van der Waals surface area (Å²) in [4.78, 5) is 13.6. The molecule has 1 aliphatic rings. The highest BCUT2D eigenvalue weighted by Gasteiger charge is 2.20. The third-order valence-electron chi connectivity index (χ3n) is 3.13. The van der Waals surface area contributed by atoms with E-state index in [1.807, 2.05) is 0 Å². The molecule has 104 valence electrons. The number of nitrogens with zero attached hydrogens (tertiary/aromatic N) is 1. The van der Waals surface area contributed by atoms with E-state index >= 15 is 0 Å². The minimum atomic E-state index is -1.02. The molecule has 1 aromatic rings. The second-order valence-corrected chi connectivity index (χ2v) is 4.51. The SMILES string of the molecule is O=C(Cc1c(F)cc(F)cc1F)N1CCCNCC1. The first kappa shape index (κ1) is 13.9. The molecule has 6 heteroatoms. The Morgan fingerprint density at radius 1 is 1.16 bits per heavy atom. The highest BCUT2D eigenvalue weighted by atomic mass is 19.1. The van der Waals surface area contributed by atoms with Gasteiger partial charge < -0.3 is 10.2 Å². The van der Waals surface area contributed by atoms with E-state index < -0.39 is 17.5 Å². The van der Waals surface area contributed by atoms with Gasteiger partial charge in [0.05, 0.1) is 6.42 Å². The summed E-state index contributed by atoms with van der Waals surface area (Å²) in [5, 5.41) is 3.13. The fraction of sp³-hybridized carbons (Fsp3) is 0.462. The summed E-state index contributed by atoms with van der Waals surface area (Å²) in [7, 11) is 0. The molecule has 1 saturated heterocycles. The summed E-state index contributed by atoms with van der Waals surface area (Å²) in [6, 6.07) is 1.19.